The highest BCUT2D eigenvalue weighted by Gasteiger charge is 2.45. The van der Waals surface area contributed by atoms with Crippen molar-refractivity contribution in [3.8, 4) is 5.75 Å². The summed E-state index contributed by atoms with van der Waals surface area (Å²) in [7, 11) is 3.14. The number of benzene rings is 1. The summed E-state index contributed by atoms with van der Waals surface area (Å²) in [6, 6.07) is 3.26. The molecule has 0 amide bonds. The molecule has 0 heterocycles. The second kappa shape index (κ2) is 4.63. The molecule has 0 spiro atoms. The molecule has 1 aromatic carbocycles. The van der Waals surface area contributed by atoms with Crippen molar-refractivity contribution in [3.63, 3.8) is 0 Å². The van der Waals surface area contributed by atoms with Gasteiger partial charge in [0.25, 0.3) is 0 Å². The molecule has 94 valence electrons. The molecule has 0 unspecified atom stereocenters. The van der Waals surface area contributed by atoms with Crippen molar-refractivity contribution in [2.24, 2.45) is 5.73 Å². The number of halogens is 1. The van der Waals surface area contributed by atoms with Crippen LogP contribution in [-0.4, -0.2) is 20.8 Å². The highest BCUT2D eigenvalue weighted by Crippen LogP contribution is 2.49. The van der Waals surface area contributed by atoms with Crippen molar-refractivity contribution in [1.29, 1.82) is 0 Å². The zero-order chi connectivity index (χ0) is 12.5. The van der Waals surface area contributed by atoms with Crippen molar-refractivity contribution in [3.05, 3.63) is 29.1 Å². The van der Waals surface area contributed by atoms with Gasteiger partial charge >= 0.3 is 0 Å². The van der Waals surface area contributed by atoms with Gasteiger partial charge in [0, 0.05) is 30.7 Å². The van der Waals surface area contributed by atoms with Gasteiger partial charge in [-0.25, -0.2) is 4.39 Å². The van der Waals surface area contributed by atoms with Gasteiger partial charge in [-0.2, -0.15) is 0 Å². The lowest BCUT2D eigenvalue weighted by molar-refractivity contribution is 0.181. The Balaban J connectivity index is 2.43. The molecule has 0 radical (unpaired) electrons. The fraction of sp³-hybridized carbons (Fsp3) is 0.538. The Morgan fingerprint density at radius 1 is 1.35 bits per heavy atom. The Bertz CT molecular complexity index is 416. The van der Waals surface area contributed by atoms with E-state index in [1.807, 2.05) is 6.07 Å². The maximum atomic E-state index is 14.0. The molecule has 1 aromatic rings. The van der Waals surface area contributed by atoms with Crippen molar-refractivity contribution in [2.75, 3.05) is 20.8 Å². The highest BCUT2D eigenvalue weighted by molar-refractivity contribution is 5.43. The summed E-state index contributed by atoms with van der Waals surface area (Å²) in [5, 5.41) is 0. The van der Waals surface area contributed by atoms with Crippen LogP contribution in [-0.2, 0) is 16.8 Å². The molecule has 4 heteroatoms. The third-order valence-corrected chi connectivity index (χ3v) is 3.49. The van der Waals surface area contributed by atoms with E-state index in [0.717, 1.165) is 18.4 Å². The molecule has 0 saturated heterocycles. The van der Waals surface area contributed by atoms with Crippen LogP contribution in [0.1, 0.15) is 24.0 Å². The van der Waals surface area contributed by atoms with E-state index < -0.39 is 0 Å². The molecule has 1 fully saturated rings. The van der Waals surface area contributed by atoms with E-state index in [-0.39, 0.29) is 11.2 Å². The average Bonchev–Trinajstić information content (AvgIpc) is 3.12. The third kappa shape index (κ3) is 2.15. The maximum absolute atomic E-state index is 14.0. The van der Waals surface area contributed by atoms with Crippen molar-refractivity contribution in [1.82, 2.24) is 0 Å². The maximum Gasteiger partial charge on any atom is 0.130 e. The molecule has 17 heavy (non-hydrogen) atoms. The minimum atomic E-state index is -0.232. The SMILES string of the molecule is COCc1cc(C2(CN)CC2)c(F)cc1OC. The van der Waals surface area contributed by atoms with Gasteiger partial charge in [0.2, 0.25) is 0 Å². The zero-order valence-corrected chi connectivity index (χ0v) is 10.3. The molecule has 1 aliphatic rings. The molecule has 1 saturated carbocycles. The van der Waals surface area contributed by atoms with E-state index in [1.165, 1.54) is 13.2 Å². The lowest BCUT2D eigenvalue weighted by atomic mass is 9.93. The minimum absolute atomic E-state index is 0.154. The summed E-state index contributed by atoms with van der Waals surface area (Å²) in [4.78, 5) is 0. The summed E-state index contributed by atoms with van der Waals surface area (Å²) in [6.45, 7) is 0.903. The van der Waals surface area contributed by atoms with Crippen LogP contribution in [0.25, 0.3) is 0 Å². The topological polar surface area (TPSA) is 44.5 Å². The van der Waals surface area contributed by atoms with E-state index in [4.69, 9.17) is 15.2 Å². The Labute approximate surface area is 101 Å². The summed E-state index contributed by atoms with van der Waals surface area (Å²) in [6.07, 6.45) is 1.92. The van der Waals surface area contributed by atoms with Crippen LogP contribution in [0.2, 0.25) is 0 Å². The Hall–Kier alpha value is -1.13. The van der Waals surface area contributed by atoms with Crippen LogP contribution in [0, 0.1) is 5.82 Å². The number of nitrogens with two attached hydrogens (primary N) is 1. The molecule has 0 atom stereocenters. The first-order valence-electron chi connectivity index (χ1n) is 5.73. The van der Waals surface area contributed by atoms with E-state index in [1.54, 1.807) is 7.11 Å². The van der Waals surface area contributed by atoms with E-state index in [2.05, 4.69) is 0 Å². The van der Waals surface area contributed by atoms with E-state index in [9.17, 15) is 4.39 Å². The molecule has 0 bridgehead atoms. The van der Waals surface area contributed by atoms with Gasteiger partial charge in [-0.3, -0.25) is 0 Å². The quantitative estimate of drug-likeness (QED) is 0.854. The standard InChI is InChI=1S/C13H18FNO2/c1-16-7-9-5-10(13(8-15)3-4-13)11(14)6-12(9)17-2/h5-6H,3-4,7-8,15H2,1-2H3. The number of methoxy groups -OCH3 is 2. The molecule has 0 aromatic heterocycles. The minimum Gasteiger partial charge on any atom is -0.496 e. The smallest absolute Gasteiger partial charge is 0.130 e. The zero-order valence-electron chi connectivity index (χ0n) is 10.3. The number of hydrogen-bond donors (Lipinski definition) is 1. The lowest BCUT2D eigenvalue weighted by Crippen LogP contribution is -2.21. The normalized spacial score (nSPS) is 16.9. The van der Waals surface area contributed by atoms with Crippen molar-refractivity contribution >= 4 is 0 Å². The summed E-state index contributed by atoms with van der Waals surface area (Å²) < 4.78 is 24.3. The summed E-state index contributed by atoms with van der Waals surface area (Å²) in [5.41, 5.74) is 7.15. The molecular weight excluding hydrogens is 221 g/mol. The van der Waals surface area contributed by atoms with Crippen molar-refractivity contribution < 1.29 is 13.9 Å². The predicted molar refractivity (Wildman–Crippen MR) is 63.6 cm³/mol. The van der Waals surface area contributed by atoms with Crippen LogP contribution >= 0.6 is 0 Å². The van der Waals surface area contributed by atoms with Gasteiger partial charge in [-0.15, -0.1) is 0 Å². The van der Waals surface area contributed by atoms with Crippen LogP contribution in [0.3, 0.4) is 0 Å². The van der Waals surface area contributed by atoms with Crippen molar-refractivity contribution in [2.45, 2.75) is 24.9 Å². The molecule has 0 aliphatic heterocycles. The first-order chi connectivity index (χ1) is 8.16. The number of hydrogen-bond acceptors (Lipinski definition) is 3. The van der Waals surface area contributed by atoms with Gasteiger partial charge in [-0.05, 0) is 24.5 Å². The van der Waals surface area contributed by atoms with Crippen LogP contribution < -0.4 is 10.5 Å². The van der Waals surface area contributed by atoms with Crippen LogP contribution in [0.15, 0.2) is 12.1 Å². The lowest BCUT2D eigenvalue weighted by Gasteiger charge is -2.17. The largest absolute Gasteiger partial charge is 0.496 e. The average molecular weight is 239 g/mol. The fourth-order valence-corrected chi connectivity index (χ4v) is 2.20. The summed E-state index contributed by atoms with van der Waals surface area (Å²) in [5.74, 6) is 0.297. The number of rotatable bonds is 5. The number of ether oxygens (including phenoxy) is 2. The second-order valence-electron chi connectivity index (χ2n) is 4.56. The highest BCUT2D eigenvalue weighted by atomic mass is 19.1. The molecule has 2 N–H and O–H groups in total. The van der Waals surface area contributed by atoms with Gasteiger partial charge in [0.05, 0.1) is 13.7 Å². The Kier molecular flexibility index (Phi) is 3.35. The third-order valence-electron chi connectivity index (χ3n) is 3.49. The fourth-order valence-electron chi connectivity index (χ4n) is 2.20. The second-order valence-corrected chi connectivity index (χ2v) is 4.56. The van der Waals surface area contributed by atoms with Gasteiger partial charge in [0.15, 0.2) is 0 Å². The van der Waals surface area contributed by atoms with Crippen LogP contribution in [0.4, 0.5) is 4.39 Å². The molecule has 3 nitrogen and oxygen atoms in total. The van der Waals surface area contributed by atoms with E-state index in [0.29, 0.717) is 24.5 Å². The molecule has 2 rings (SSSR count). The van der Waals surface area contributed by atoms with Gasteiger partial charge < -0.3 is 15.2 Å². The summed E-state index contributed by atoms with van der Waals surface area (Å²) >= 11 is 0. The van der Waals surface area contributed by atoms with Crippen LogP contribution in [0.5, 0.6) is 5.75 Å². The first kappa shape index (κ1) is 12.3. The van der Waals surface area contributed by atoms with Gasteiger partial charge in [-0.1, -0.05) is 0 Å². The monoisotopic (exact) mass is 239 g/mol. The first-order valence-corrected chi connectivity index (χ1v) is 5.73. The predicted octanol–water partition coefficient (Wildman–Crippen LogP) is 1.97. The van der Waals surface area contributed by atoms with E-state index >= 15 is 0 Å². The Morgan fingerprint density at radius 2 is 2.06 bits per heavy atom. The Morgan fingerprint density at radius 3 is 2.53 bits per heavy atom. The molecular formula is C13H18FNO2. The van der Waals surface area contributed by atoms with Gasteiger partial charge in [0.1, 0.15) is 11.6 Å². The molecule has 1 aliphatic carbocycles.